The summed E-state index contributed by atoms with van der Waals surface area (Å²) >= 11 is 0. The number of carbonyl (C=O) groups excluding carboxylic acids is 1. The number of nitrogens with two attached hydrogens (primary N) is 1. The Labute approximate surface area is 117 Å². The molecule has 1 aromatic carbocycles. The van der Waals surface area contributed by atoms with Crippen LogP contribution in [0, 0.1) is 12.8 Å². The van der Waals surface area contributed by atoms with Gasteiger partial charge in [0.25, 0.3) is 0 Å². The summed E-state index contributed by atoms with van der Waals surface area (Å²) in [4.78, 5) is 12.2. The summed E-state index contributed by atoms with van der Waals surface area (Å²) in [5.74, 6) is -0.285. The summed E-state index contributed by atoms with van der Waals surface area (Å²) in [6, 6.07) is 5.38. The van der Waals surface area contributed by atoms with Crippen LogP contribution in [0.3, 0.4) is 0 Å². The number of aryl methyl sites for hydroxylation is 1. The number of carbonyl (C=O) groups is 1. The molecule has 0 bridgehead atoms. The number of hydrogen-bond acceptors (Lipinski definition) is 4. The maximum Gasteiger partial charge on any atom is 0.229 e. The van der Waals surface area contributed by atoms with Crippen molar-refractivity contribution in [3.05, 3.63) is 29.3 Å². The molecule has 6 heteroatoms. The van der Waals surface area contributed by atoms with E-state index in [1.807, 2.05) is 26.0 Å². The Morgan fingerprint density at radius 3 is 2.90 bits per heavy atom. The van der Waals surface area contributed by atoms with Crippen LogP contribution in [0.1, 0.15) is 24.5 Å². The van der Waals surface area contributed by atoms with Crippen LogP contribution in [-0.2, 0) is 9.53 Å². The molecule has 1 aliphatic heterocycles. The van der Waals surface area contributed by atoms with Crippen molar-refractivity contribution in [1.29, 1.82) is 0 Å². The Kier molecular flexibility index (Phi) is 4.24. The number of nitrogens with one attached hydrogen (secondary N) is 1. The van der Waals surface area contributed by atoms with Crippen molar-refractivity contribution in [2.45, 2.75) is 26.4 Å². The van der Waals surface area contributed by atoms with Crippen LogP contribution in [0.2, 0.25) is 0 Å². The number of amides is 1. The van der Waals surface area contributed by atoms with Crippen molar-refractivity contribution >= 4 is 17.4 Å². The van der Waals surface area contributed by atoms with Gasteiger partial charge in [-0.25, -0.2) is 0 Å². The molecular weight excluding hydrogens is 258 g/mol. The lowest BCUT2D eigenvalue weighted by Gasteiger charge is -2.14. The third-order valence-corrected chi connectivity index (χ3v) is 3.46. The van der Waals surface area contributed by atoms with E-state index in [0.29, 0.717) is 24.3 Å². The number of oxime groups is 1. The number of ether oxygens (including phenoxy) is 1. The van der Waals surface area contributed by atoms with Gasteiger partial charge in [-0.2, -0.15) is 0 Å². The zero-order chi connectivity index (χ0) is 14.7. The highest BCUT2D eigenvalue weighted by atomic mass is 16.5. The molecule has 1 saturated heterocycles. The summed E-state index contributed by atoms with van der Waals surface area (Å²) < 4.78 is 5.40. The predicted octanol–water partition coefficient (Wildman–Crippen LogP) is 1.45. The summed E-state index contributed by atoms with van der Waals surface area (Å²) in [5.41, 5.74) is 7.58. The molecule has 4 N–H and O–H groups in total. The van der Waals surface area contributed by atoms with Gasteiger partial charge in [-0.05, 0) is 31.9 Å². The van der Waals surface area contributed by atoms with Crippen molar-refractivity contribution in [2.24, 2.45) is 16.8 Å². The second kappa shape index (κ2) is 5.92. The van der Waals surface area contributed by atoms with E-state index in [0.717, 1.165) is 5.56 Å². The highest BCUT2D eigenvalue weighted by Crippen LogP contribution is 2.24. The summed E-state index contributed by atoms with van der Waals surface area (Å²) in [5, 5.41) is 14.7. The van der Waals surface area contributed by atoms with E-state index >= 15 is 0 Å². The smallest absolute Gasteiger partial charge is 0.229 e. The SMILES string of the molecule is Cc1cccc(NC(=O)C2COC(C)C2)c1/C(N)=N/O. The van der Waals surface area contributed by atoms with Crippen molar-refractivity contribution in [3.8, 4) is 0 Å². The molecular formula is C14H19N3O3. The van der Waals surface area contributed by atoms with E-state index in [1.165, 1.54) is 0 Å². The van der Waals surface area contributed by atoms with E-state index in [9.17, 15) is 4.79 Å². The highest BCUT2D eigenvalue weighted by molar-refractivity contribution is 6.06. The lowest BCUT2D eigenvalue weighted by atomic mass is 10.0. The lowest BCUT2D eigenvalue weighted by Crippen LogP contribution is -2.25. The minimum Gasteiger partial charge on any atom is -0.409 e. The van der Waals surface area contributed by atoms with E-state index in [2.05, 4.69) is 10.5 Å². The van der Waals surface area contributed by atoms with Gasteiger partial charge in [-0.15, -0.1) is 0 Å². The van der Waals surface area contributed by atoms with Crippen molar-refractivity contribution in [1.82, 2.24) is 0 Å². The van der Waals surface area contributed by atoms with E-state index in [1.54, 1.807) is 6.07 Å². The zero-order valence-corrected chi connectivity index (χ0v) is 11.6. The molecule has 0 aliphatic carbocycles. The Balaban J connectivity index is 2.21. The number of nitrogens with zero attached hydrogens (tertiary/aromatic N) is 1. The standard InChI is InChI=1S/C14H19N3O3/c1-8-4-3-5-11(12(8)13(15)17-19)16-14(18)10-6-9(2)20-7-10/h3-5,9-10,19H,6-7H2,1-2H3,(H2,15,17)(H,16,18). The Hall–Kier alpha value is -2.08. The van der Waals surface area contributed by atoms with Crippen LogP contribution >= 0.6 is 0 Å². The van der Waals surface area contributed by atoms with Crippen LogP contribution in [-0.4, -0.2) is 29.7 Å². The van der Waals surface area contributed by atoms with Crippen LogP contribution < -0.4 is 11.1 Å². The van der Waals surface area contributed by atoms with Gasteiger partial charge < -0.3 is 21.0 Å². The van der Waals surface area contributed by atoms with Gasteiger partial charge in [0.1, 0.15) is 0 Å². The minimum absolute atomic E-state index is 0.0190. The summed E-state index contributed by atoms with van der Waals surface area (Å²) in [7, 11) is 0. The first kappa shape index (κ1) is 14.3. The van der Waals surface area contributed by atoms with Crippen LogP contribution in [0.25, 0.3) is 0 Å². The molecule has 0 radical (unpaired) electrons. The first-order valence-corrected chi connectivity index (χ1v) is 6.53. The second-order valence-corrected chi connectivity index (χ2v) is 5.05. The molecule has 1 fully saturated rings. The fourth-order valence-electron chi connectivity index (χ4n) is 2.40. The largest absolute Gasteiger partial charge is 0.409 e. The molecule has 2 unspecified atom stereocenters. The lowest BCUT2D eigenvalue weighted by molar-refractivity contribution is -0.119. The Bertz CT molecular complexity index is 542. The van der Waals surface area contributed by atoms with Crippen LogP contribution in [0.15, 0.2) is 23.4 Å². The molecule has 1 heterocycles. The molecule has 2 atom stereocenters. The third-order valence-electron chi connectivity index (χ3n) is 3.46. The van der Waals surface area contributed by atoms with Crippen molar-refractivity contribution in [3.63, 3.8) is 0 Å². The topological polar surface area (TPSA) is 96.9 Å². The maximum absolute atomic E-state index is 12.2. The van der Waals surface area contributed by atoms with Crippen LogP contribution in [0.5, 0.6) is 0 Å². The van der Waals surface area contributed by atoms with Gasteiger partial charge in [-0.3, -0.25) is 4.79 Å². The Morgan fingerprint density at radius 2 is 2.30 bits per heavy atom. The minimum atomic E-state index is -0.161. The number of amidine groups is 1. The highest BCUT2D eigenvalue weighted by Gasteiger charge is 2.28. The first-order valence-electron chi connectivity index (χ1n) is 6.53. The van der Waals surface area contributed by atoms with Gasteiger partial charge in [0, 0.05) is 5.56 Å². The fraction of sp³-hybridized carbons (Fsp3) is 0.429. The molecule has 0 spiro atoms. The molecule has 2 rings (SSSR count). The number of benzene rings is 1. The molecule has 108 valence electrons. The van der Waals surface area contributed by atoms with Gasteiger partial charge in [0.15, 0.2) is 5.84 Å². The maximum atomic E-state index is 12.2. The number of anilines is 1. The molecule has 1 amide bonds. The molecule has 20 heavy (non-hydrogen) atoms. The average molecular weight is 277 g/mol. The quantitative estimate of drug-likeness (QED) is 0.337. The van der Waals surface area contributed by atoms with Crippen LogP contribution in [0.4, 0.5) is 5.69 Å². The van der Waals surface area contributed by atoms with E-state index < -0.39 is 0 Å². The van der Waals surface area contributed by atoms with Gasteiger partial charge >= 0.3 is 0 Å². The predicted molar refractivity (Wildman–Crippen MR) is 75.8 cm³/mol. The van der Waals surface area contributed by atoms with E-state index in [-0.39, 0.29) is 23.8 Å². The number of rotatable bonds is 3. The first-order chi connectivity index (χ1) is 9.52. The molecule has 0 saturated carbocycles. The Morgan fingerprint density at radius 1 is 1.55 bits per heavy atom. The monoisotopic (exact) mass is 277 g/mol. The molecule has 1 aromatic rings. The van der Waals surface area contributed by atoms with Gasteiger partial charge in [-0.1, -0.05) is 17.3 Å². The molecule has 0 aromatic heterocycles. The molecule has 1 aliphatic rings. The van der Waals surface area contributed by atoms with Crippen molar-refractivity contribution in [2.75, 3.05) is 11.9 Å². The van der Waals surface area contributed by atoms with Crippen molar-refractivity contribution < 1.29 is 14.7 Å². The third kappa shape index (κ3) is 2.91. The summed E-state index contributed by atoms with van der Waals surface area (Å²) in [6.07, 6.45) is 0.808. The average Bonchev–Trinajstić information content (AvgIpc) is 2.85. The second-order valence-electron chi connectivity index (χ2n) is 5.05. The molecule has 6 nitrogen and oxygen atoms in total. The van der Waals surface area contributed by atoms with Gasteiger partial charge in [0.2, 0.25) is 5.91 Å². The summed E-state index contributed by atoms with van der Waals surface area (Å²) in [6.45, 7) is 4.21. The zero-order valence-electron chi connectivity index (χ0n) is 11.6. The normalized spacial score (nSPS) is 22.8. The van der Waals surface area contributed by atoms with E-state index in [4.69, 9.17) is 15.7 Å². The van der Waals surface area contributed by atoms with Gasteiger partial charge in [0.05, 0.1) is 24.3 Å². The fourth-order valence-corrected chi connectivity index (χ4v) is 2.40. The number of hydrogen-bond donors (Lipinski definition) is 3.